The normalized spacial score (nSPS) is 16.3. The van der Waals surface area contributed by atoms with Crippen LogP contribution in [0.15, 0.2) is 66.7 Å². The average molecular weight is 1010 g/mol. The molecule has 0 bridgehead atoms. The number of benzene rings is 2. The zero-order valence-electron chi connectivity index (χ0n) is 36.3. The molecule has 6 aromatic heterocycles. The lowest BCUT2D eigenvalue weighted by molar-refractivity contribution is -0.158. The largest absolute Gasteiger partial charge is 0.470 e. The molecule has 20 nitrogen and oxygen atoms in total. The van der Waals surface area contributed by atoms with Crippen LogP contribution in [0.4, 0.5) is 67.8 Å². The molecule has 0 unspecified atom stereocenters. The minimum Gasteiger partial charge on any atom is -0.417 e. The maximum Gasteiger partial charge on any atom is 0.470 e. The Morgan fingerprint density at radius 1 is 0.444 bits per heavy atom. The van der Waals surface area contributed by atoms with E-state index >= 15 is 0 Å². The predicted octanol–water partition coefficient (Wildman–Crippen LogP) is 6.78. The molecule has 0 spiro atoms. The van der Waals surface area contributed by atoms with Crippen LogP contribution >= 0.6 is 0 Å². The molecule has 0 saturated carbocycles. The van der Waals surface area contributed by atoms with Crippen LogP contribution in [0.25, 0.3) is 22.9 Å². The molecule has 2 aliphatic heterocycles. The molecule has 0 atom stereocenters. The second-order valence-corrected chi connectivity index (χ2v) is 17.0. The van der Waals surface area contributed by atoms with Crippen molar-refractivity contribution in [2.45, 2.75) is 62.0 Å². The zero-order chi connectivity index (χ0) is 50.1. The van der Waals surface area contributed by atoms with Crippen LogP contribution in [0, 0.1) is 23.3 Å². The third-order valence-electron chi connectivity index (χ3n) is 12.0. The third kappa shape index (κ3) is 9.36. The molecule has 72 heavy (non-hydrogen) atoms. The van der Waals surface area contributed by atoms with E-state index in [4.69, 9.17) is 17.7 Å². The summed E-state index contributed by atoms with van der Waals surface area (Å²) in [5.74, 6) is -6.20. The summed E-state index contributed by atoms with van der Waals surface area (Å²) in [6.07, 6.45) is -1.35. The van der Waals surface area contributed by atoms with E-state index in [2.05, 4.69) is 71.4 Å². The van der Waals surface area contributed by atoms with Gasteiger partial charge in [0.15, 0.2) is 23.3 Å². The molecule has 0 radical (unpaired) electrons. The Bertz CT molecular complexity index is 2980. The molecule has 0 amide bonds. The van der Waals surface area contributed by atoms with Crippen molar-refractivity contribution in [3.63, 3.8) is 0 Å². The molecule has 2 N–H and O–H groups in total. The van der Waals surface area contributed by atoms with E-state index in [0.717, 1.165) is 22.3 Å². The lowest BCUT2D eigenvalue weighted by Crippen LogP contribution is -2.45. The fourth-order valence-corrected chi connectivity index (χ4v) is 8.35. The summed E-state index contributed by atoms with van der Waals surface area (Å²) in [7, 11) is 0. The van der Waals surface area contributed by atoms with Crippen LogP contribution in [0.1, 0.15) is 57.7 Å². The van der Waals surface area contributed by atoms with Crippen molar-refractivity contribution in [1.82, 2.24) is 60.7 Å². The van der Waals surface area contributed by atoms with Crippen molar-refractivity contribution in [3.8, 4) is 22.9 Å². The Morgan fingerprint density at radius 3 is 1.08 bits per heavy atom. The molecule has 2 aliphatic carbocycles. The number of nitrogens with zero attached hydrogens (tertiary/aromatic N) is 14. The molecule has 2 saturated heterocycles. The van der Waals surface area contributed by atoms with E-state index < -0.39 is 47.4 Å². The van der Waals surface area contributed by atoms with Gasteiger partial charge in [-0.25, -0.2) is 37.5 Å². The zero-order valence-corrected chi connectivity index (χ0v) is 36.3. The van der Waals surface area contributed by atoms with Gasteiger partial charge in [-0.3, -0.25) is 0 Å². The van der Waals surface area contributed by atoms with Gasteiger partial charge in [0, 0.05) is 63.1 Å². The topological polar surface area (TPSA) is 238 Å². The van der Waals surface area contributed by atoms with Gasteiger partial charge >= 0.3 is 36.2 Å². The van der Waals surface area contributed by atoms with Crippen molar-refractivity contribution >= 4 is 23.9 Å². The molecular formula is C42H30F10N16O4. The molecule has 8 aromatic rings. The number of halogens is 10. The van der Waals surface area contributed by atoms with Crippen molar-refractivity contribution in [3.05, 3.63) is 118 Å². The van der Waals surface area contributed by atoms with E-state index in [-0.39, 0.29) is 85.7 Å². The number of aromatic nitrogens is 12. The molecule has 372 valence electrons. The Hall–Kier alpha value is -8.34. The molecule has 2 aromatic carbocycles. The number of anilines is 4. The summed E-state index contributed by atoms with van der Waals surface area (Å²) >= 11 is 0. The number of fused-ring (bicyclic) bond motifs is 2. The van der Waals surface area contributed by atoms with Crippen LogP contribution in [0.2, 0.25) is 0 Å². The van der Waals surface area contributed by atoms with Gasteiger partial charge in [0.25, 0.3) is 11.8 Å². The van der Waals surface area contributed by atoms with Gasteiger partial charge in [0.05, 0.1) is 23.0 Å². The molecule has 30 heteroatoms. The average Bonchev–Trinajstić information content (AvgIpc) is 4.17. The maximum atomic E-state index is 13.5. The number of hydrogen-bond donors (Lipinski definition) is 2. The van der Waals surface area contributed by atoms with Gasteiger partial charge in [-0.1, -0.05) is 10.2 Å². The molecule has 8 heterocycles. The second-order valence-electron chi connectivity index (χ2n) is 17.0. The second kappa shape index (κ2) is 17.8. The van der Waals surface area contributed by atoms with E-state index in [1.54, 1.807) is 9.80 Å². The van der Waals surface area contributed by atoms with Crippen molar-refractivity contribution in [1.29, 1.82) is 0 Å². The van der Waals surface area contributed by atoms with Crippen LogP contribution in [0.5, 0.6) is 0 Å². The van der Waals surface area contributed by atoms with E-state index in [1.807, 2.05) is 0 Å². The summed E-state index contributed by atoms with van der Waals surface area (Å²) in [5, 5.41) is 35.1. The molecule has 2 fully saturated rings. The van der Waals surface area contributed by atoms with Gasteiger partial charge in [-0.05, 0) is 72.2 Å². The van der Waals surface area contributed by atoms with Crippen LogP contribution < -0.4 is 20.4 Å². The highest BCUT2D eigenvalue weighted by molar-refractivity contribution is 5.54. The molecule has 4 aliphatic rings. The summed E-state index contributed by atoms with van der Waals surface area (Å²) in [4.78, 5) is 20.3. The summed E-state index contributed by atoms with van der Waals surface area (Å²) in [5.41, 5.74) is 3.90. The third-order valence-corrected chi connectivity index (χ3v) is 12.0. The minimum absolute atomic E-state index is 0.101. The van der Waals surface area contributed by atoms with Gasteiger partial charge in [0.1, 0.15) is 0 Å². The monoisotopic (exact) mass is 1010 g/mol. The lowest BCUT2D eigenvalue weighted by atomic mass is 10.0. The first-order valence-electron chi connectivity index (χ1n) is 21.6. The Labute approximate surface area is 395 Å². The number of rotatable bonds is 10. The van der Waals surface area contributed by atoms with Gasteiger partial charge < -0.3 is 38.1 Å². The smallest absolute Gasteiger partial charge is 0.417 e. The summed E-state index contributed by atoms with van der Waals surface area (Å²) < 4.78 is 150. The SMILES string of the molecule is Fc1cc2c(cc1F)CC(Nc1ncc(-c3nnc(N4CC(c5nnc(C(F)(F)F)o5)C4)o3)cn1)C2.Fc1cc2c(cc1F)CC(Nc1ncc(-c3nnc(N4CC(c5nnc(C(F)(F)F)o5)C4)o3)cn1)C2. The lowest BCUT2D eigenvalue weighted by Gasteiger charge is -2.35. The van der Waals surface area contributed by atoms with Gasteiger partial charge in [0.2, 0.25) is 23.7 Å². The Kier molecular flexibility index (Phi) is 11.4. The summed E-state index contributed by atoms with van der Waals surface area (Å²) in [6, 6.07) is 5.01. The fourth-order valence-electron chi connectivity index (χ4n) is 8.35. The predicted molar refractivity (Wildman–Crippen MR) is 222 cm³/mol. The Balaban J connectivity index is 0.000000156. The number of nitrogens with one attached hydrogen (secondary N) is 2. The first-order chi connectivity index (χ1) is 34.4. The van der Waals surface area contributed by atoms with Crippen LogP contribution in [0.3, 0.4) is 0 Å². The van der Waals surface area contributed by atoms with Crippen LogP contribution in [-0.4, -0.2) is 99.0 Å². The maximum absolute atomic E-state index is 13.5. The first kappa shape index (κ1) is 46.1. The quantitative estimate of drug-likeness (QED) is 0.134. The van der Waals surface area contributed by atoms with E-state index in [1.165, 1.54) is 49.1 Å². The fraction of sp³-hybridized carbons (Fsp3) is 0.333. The highest BCUT2D eigenvalue weighted by atomic mass is 19.4. The number of hydrogen-bond acceptors (Lipinski definition) is 20. The van der Waals surface area contributed by atoms with Crippen molar-refractivity contribution in [2.24, 2.45) is 0 Å². The van der Waals surface area contributed by atoms with Crippen molar-refractivity contribution < 1.29 is 61.6 Å². The standard InChI is InChI=1S/2C21H15F5N8O2/c2*22-14-3-9-1-13(2-10(9)4-15(14)23)29-19-27-5-11(6-28-19)16-31-33-20(36-16)34-7-12(8-34)17-30-32-18(35-17)21(24,25)26/h2*3-6,12-13H,1-2,7-8H2,(H,27,28,29). The molecule has 12 rings (SSSR count). The molecular weight excluding hydrogens is 983 g/mol. The summed E-state index contributed by atoms with van der Waals surface area (Å²) in [6.45, 7) is 1.10. The minimum atomic E-state index is -4.69. The van der Waals surface area contributed by atoms with E-state index in [9.17, 15) is 43.9 Å². The van der Waals surface area contributed by atoms with Gasteiger partial charge in [-0.15, -0.1) is 30.6 Å². The van der Waals surface area contributed by atoms with Gasteiger partial charge in [-0.2, -0.15) is 26.3 Å². The highest BCUT2D eigenvalue weighted by Crippen LogP contribution is 2.37. The Morgan fingerprint density at radius 2 is 0.778 bits per heavy atom. The van der Waals surface area contributed by atoms with Crippen LogP contribution in [-0.2, 0) is 38.0 Å². The highest BCUT2D eigenvalue weighted by Gasteiger charge is 2.43. The first-order valence-corrected chi connectivity index (χ1v) is 21.6. The van der Waals surface area contributed by atoms with E-state index in [0.29, 0.717) is 48.7 Å². The van der Waals surface area contributed by atoms with Crippen molar-refractivity contribution in [2.75, 3.05) is 46.6 Å². The number of alkyl halides is 6.